The molecule has 0 atom stereocenters. The summed E-state index contributed by atoms with van der Waals surface area (Å²) in [5, 5.41) is 9.64. The molecule has 0 saturated heterocycles. The zero-order valence-corrected chi connectivity index (χ0v) is 15.0. The van der Waals surface area contributed by atoms with Crippen molar-refractivity contribution >= 4 is 16.9 Å². The third kappa shape index (κ3) is 2.04. The van der Waals surface area contributed by atoms with Crippen molar-refractivity contribution in [1.29, 1.82) is 0 Å². The van der Waals surface area contributed by atoms with Crippen molar-refractivity contribution in [2.75, 3.05) is 0 Å². The number of aromatic hydroxyl groups is 1. The zero-order valence-electron chi connectivity index (χ0n) is 15.0. The molecule has 0 saturated carbocycles. The number of benzene rings is 1. The van der Waals surface area contributed by atoms with Gasteiger partial charge in [0.2, 0.25) is 5.78 Å². The molecule has 9 nitrogen and oxygen atoms in total. The Kier molecular flexibility index (Phi) is 3.17. The highest BCUT2D eigenvalue weighted by molar-refractivity contribution is 5.78. The van der Waals surface area contributed by atoms with Crippen LogP contribution in [0.4, 0.5) is 0 Å². The molecule has 9 heteroatoms. The Labute approximate surface area is 156 Å². The maximum absolute atomic E-state index is 12.8. The highest BCUT2D eigenvalue weighted by Crippen LogP contribution is 2.29. The molecule has 0 fully saturated rings. The van der Waals surface area contributed by atoms with Crippen LogP contribution in [0.1, 0.15) is 0 Å². The van der Waals surface area contributed by atoms with Crippen molar-refractivity contribution in [2.45, 2.75) is 0 Å². The minimum absolute atomic E-state index is 0.135. The van der Waals surface area contributed by atoms with E-state index >= 15 is 0 Å². The van der Waals surface area contributed by atoms with Gasteiger partial charge in [0.1, 0.15) is 11.4 Å². The molecule has 1 N–H and O–H groups in total. The Hall–Kier alpha value is -4.01. The van der Waals surface area contributed by atoms with Crippen molar-refractivity contribution < 1.29 is 9.52 Å². The number of furan rings is 1. The van der Waals surface area contributed by atoms with E-state index in [0.717, 1.165) is 10.3 Å². The Bertz CT molecular complexity index is 1460. The van der Waals surface area contributed by atoms with Crippen LogP contribution in [0.5, 0.6) is 5.75 Å². The molecule has 0 unspecified atom stereocenters. The highest BCUT2D eigenvalue weighted by atomic mass is 16.3. The van der Waals surface area contributed by atoms with E-state index in [0.29, 0.717) is 28.4 Å². The Morgan fingerprint density at radius 1 is 1.04 bits per heavy atom. The first-order valence-corrected chi connectivity index (χ1v) is 8.50. The molecule has 0 bridgehead atoms. The van der Waals surface area contributed by atoms with Crippen LogP contribution in [-0.4, -0.2) is 28.2 Å². The lowest BCUT2D eigenvalue weighted by atomic mass is 10.2. The molecule has 0 amide bonds. The van der Waals surface area contributed by atoms with Gasteiger partial charge in [-0.1, -0.05) is 0 Å². The van der Waals surface area contributed by atoms with Crippen LogP contribution in [-0.2, 0) is 14.1 Å². The third-order valence-electron chi connectivity index (χ3n) is 4.85. The van der Waals surface area contributed by atoms with Crippen LogP contribution in [0, 0.1) is 0 Å². The lowest BCUT2D eigenvalue weighted by molar-refractivity contribution is 0.475. The molecule has 5 rings (SSSR count). The summed E-state index contributed by atoms with van der Waals surface area (Å²) in [6.07, 6.45) is 3.31. The Morgan fingerprint density at radius 3 is 2.46 bits per heavy atom. The van der Waals surface area contributed by atoms with Crippen LogP contribution in [0.2, 0.25) is 0 Å². The molecule has 0 spiro atoms. The van der Waals surface area contributed by atoms with Crippen LogP contribution >= 0.6 is 0 Å². The molecule has 140 valence electrons. The van der Waals surface area contributed by atoms with E-state index in [1.807, 2.05) is 10.6 Å². The van der Waals surface area contributed by atoms with E-state index in [4.69, 9.17) is 4.42 Å². The monoisotopic (exact) mass is 377 g/mol. The molecular formula is C19H15N5O4. The van der Waals surface area contributed by atoms with Gasteiger partial charge in [0.25, 0.3) is 5.56 Å². The molecule has 0 aliphatic rings. The summed E-state index contributed by atoms with van der Waals surface area (Å²) in [6.45, 7) is 0. The quantitative estimate of drug-likeness (QED) is 0.504. The van der Waals surface area contributed by atoms with E-state index in [-0.39, 0.29) is 5.75 Å². The van der Waals surface area contributed by atoms with Gasteiger partial charge in [-0.25, -0.2) is 4.79 Å². The molecule has 4 heterocycles. The van der Waals surface area contributed by atoms with E-state index in [9.17, 15) is 14.7 Å². The second kappa shape index (κ2) is 5.49. The minimum atomic E-state index is -0.444. The smallest absolute Gasteiger partial charge is 0.332 e. The van der Waals surface area contributed by atoms with Crippen molar-refractivity contribution in [3.8, 4) is 22.9 Å². The fourth-order valence-corrected chi connectivity index (χ4v) is 3.43. The second-order valence-electron chi connectivity index (χ2n) is 6.50. The second-order valence-corrected chi connectivity index (χ2v) is 6.50. The number of phenols is 1. The van der Waals surface area contributed by atoms with Gasteiger partial charge in [-0.2, -0.15) is 4.98 Å². The number of hydrogen-bond donors (Lipinski definition) is 1. The number of rotatable bonds is 2. The first kappa shape index (κ1) is 16.2. The van der Waals surface area contributed by atoms with Crippen molar-refractivity contribution in [3.63, 3.8) is 0 Å². The van der Waals surface area contributed by atoms with Gasteiger partial charge in [0.05, 0.1) is 6.26 Å². The number of nitrogens with zero attached hydrogens (tertiary/aromatic N) is 5. The average Bonchev–Trinajstić information content (AvgIpc) is 3.40. The topological polar surface area (TPSA) is 99.6 Å². The number of aromatic nitrogens is 5. The molecule has 0 radical (unpaired) electrons. The first-order chi connectivity index (χ1) is 13.5. The summed E-state index contributed by atoms with van der Waals surface area (Å²) in [5.74, 6) is 1.18. The third-order valence-corrected chi connectivity index (χ3v) is 4.85. The van der Waals surface area contributed by atoms with Gasteiger partial charge < -0.3 is 9.52 Å². The molecule has 28 heavy (non-hydrogen) atoms. The van der Waals surface area contributed by atoms with E-state index < -0.39 is 11.2 Å². The molecule has 4 aromatic heterocycles. The van der Waals surface area contributed by atoms with Gasteiger partial charge in [-0.05, 0) is 36.4 Å². The number of hydrogen-bond acceptors (Lipinski definition) is 5. The number of aryl methyl sites for hydroxylation is 1. The number of phenolic OH excluding ortho intramolecular Hbond substituents is 1. The standard InChI is InChI=1S/C19H15N5O4/c1-21-16-15(17(26)22(2)19(21)27)23-10-13(14-4-3-9-28-14)24(18(23)20-16)11-5-7-12(25)8-6-11/h3-10,25H,1-2H3. The van der Waals surface area contributed by atoms with Gasteiger partial charge in [0, 0.05) is 26.0 Å². The van der Waals surface area contributed by atoms with Crippen molar-refractivity contribution in [2.24, 2.45) is 14.1 Å². The fraction of sp³-hybridized carbons (Fsp3) is 0.105. The zero-order chi connectivity index (χ0) is 19.6. The molecule has 0 aliphatic heterocycles. The molecular weight excluding hydrogens is 362 g/mol. The number of fused-ring (bicyclic) bond motifs is 3. The minimum Gasteiger partial charge on any atom is -0.508 e. The van der Waals surface area contributed by atoms with Crippen LogP contribution in [0.3, 0.4) is 0 Å². The van der Waals surface area contributed by atoms with Gasteiger partial charge in [-0.3, -0.25) is 22.9 Å². The van der Waals surface area contributed by atoms with Crippen LogP contribution in [0.25, 0.3) is 34.1 Å². The van der Waals surface area contributed by atoms with E-state index in [1.165, 1.54) is 11.6 Å². The predicted molar refractivity (Wildman–Crippen MR) is 102 cm³/mol. The van der Waals surface area contributed by atoms with E-state index in [1.54, 1.807) is 54.2 Å². The van der Waals surface area contributed by atoms with Crippen molar-refractivity contribution in [1.82, 2.24) is 23.1 Å². The summed E-state index contributed by atoms with van der Waals surface area (Å²) in [6, 6.07) is 10.2. The summed E-state index contributed by atoms with van der Waals surface area (Å²) in [7, 11) is 3.02. The summed E-state index contributed by atoms with van der Waals surface area (Å²) >= 11 is 0. The lowest BCUT2D eigenvalue weighted by Crippen LogP contribution is -2.37. The summed E-state index contributed by atoms with van der Waals surface area (Å²) < 4.78 is 11.4. The molecule has 0 aliphatic carbocycles. The predicted octanol–water partition coefficient (Wildman–Crippen LogP) is 1.64. The summed E-state index contributed by atoms with van der Waals surface area (Å²) in [5.41, 5.74) is 1.11. The Morgan fingerprint density at radius 2 is 1.79 bits per heavy atom. The SMILES string of the molecule is Cn1c(=O)c2c(nc3n(-c4ccc(O)cc4)c(-c4ccco4)cn23)n(C)c1=O. The fourth-order valence-electron chi connectivity index (χ4n) is 3.43. The van der Waals surface area contributed by atoms with Crippen molar-refractivity contribution in [3.05, 3.63) is 69.7 Å². The number of imidazole rings is 2. The largest absolute Gasteiger partial charge is 0.508 e. The lowest BCUT2D eigenvalue weighted by Gasteiger charge is -2.07. The molecule has 1 aromatic carbocycles. The molecule has 5 aromatic rings. The van der Waals surface area contributed by atoms with Gasteiger partial charge in [0.15, 0.2) is 16.9 Å². The summed E-state index contributed by atoms with van der Waals surface area (Å²) in [4.78, 5) is 29.6. The van der Waals surface area contributed by atoms with Gasteiger partial charge in [-0.15, -0.1) is 0 Å². The van der Waals surface area contributed by atoms with E-state index in [2.05, 4.69) is 4.98 Å². The maximum Gasteiger partial charge on any atom is 0.332 e. The van der Waals surface area contributed by atoms with Crippen LogP contribution < -0.4 is 11.2 Å². The van der Waals surface area contributed by atoms with Gasteiger partial charge >= 0.3 is 5.69 Å². The average molecular weight is 377 g/mol. The Balaban J connectivity index is 1.98. The highest BCUT2D eigenvalue weighted by Gasteiger charge is 2.22. The normalized spacial score (nSPS) is 11.6. The van der Waals surface area contributed by atoms with Crippen LogP contribution in [0.15, 0.2) is 62.9 Å². The first-order valence-electron chi connectivity index (χ1n) is 8.50. The maximum atomic E-state index is 12.8.